The molecule has 0 aliphatic rings. The van der Waals surface area contributed by atoms with Crippen molar-refractivity contribution in [2.75, 3.05) is 6.54 Å². The van der Waals surface area contributed by atoms with E-state index in [1.165, 1.54) is 0 Å². The van der Waals surface area contributed by atoms with Crippen LogP contribution in [0.4, 0.5) is 0 Å². The topological polar surface area (TPSA) is 30.2 Å². The van der Waals surface area contributed by atoms with Gasteiger partial charge in [0.25, 0.3) is 0 Å². The lowest BCUT2D eigenvalue weighted by Gasteiger charge is -2.08. The van der Waals surface area contributed by atoms with E-state index in [4.69, 9.17) is 4.99 Å². The molecule has 0 N–H and O–H groups in total. The number of aliphatic imine (C=N–C) groups is 1. The van der Waals surface area contributed by atoms with Crippen LogP contribution in [0.3, 0.4) is 0 Å². The predicted molar refractivity (Wildman–Crippen MR) is 90.2 cm³/mol. The summed E-state index contributed by atoms with van der Waals surface area (Å²) in [5.74, 6) is 0. The Morgan fingerprint density at radius 2 is 1.55 bits per heavy atom. The SMILES string of the molecule is c1ccc(C(=NCCCn2ccnc2)c2ccccc2)cc1. The molecular weight excluding hydrogens is 270 g/mol. The molecule has 0 fully saturated rings. The number of aryl methyl sites for hydroxylation is 1. The standard InChI is InChI=1S/C19H19N3/c1-3-8-17(9-4-1)19(18-10-5-2-6-11-18)21-12-7-14-22-15-13-20-16-22/h1-6,8-11,13,15-16H,7,12,14H2. The maximum absolute atomic E-state index is 4.85. The average molecular weight is 289 g/mol. The molecule has 1 aromatic heterocycles. The van der Waals surface area contributed by atoms with Gasteiger partial charge in [-0.15, -0.1) is 0 Å². The first-order chi connectivity index (χ1) is 10.9. The Morgan fingerprint density at radius 1 is 0.909 bits per heavy atom. The summed E-state index contributed by atoms with van der Waals surface area (Å²) < 4.78 is 2.08. The van der Waals surface area contributed by atoms with E-state index in [0.717, 1.165) is 36.3 Å². The van der Waals surface area contributed by atoms with Crippen LogP contribution in [0.5, 0.6) is 0 Å². The van der Waals surface area contributed by atoms with Crippen LogP contribution >= 0.6 is 0 Å². The zero-order chi connectivity index (χ0) is 15.0. The number of hydrogen-bond donors (Lipinski definition) is 0. The number of rotatable bonds is 6. The summed E-state index contributed by atoms with van der Waals surface area (Å²) >= 11 is 0. The molecule has 0 unspecified atom stereocenters. The molecule has 110 valence electrons. The quantitative estimate of drug-likeness (QED) is 0.501. The summed E-state index contributed by atoms with van der Waals surface area (Å²) in [4.78, 5) is 8.90. The Morgan fingerprint density at radius 3 is 2.09 bits per heavy atom. The molecule has 0 bridgehead atoms. The molecule has 3 aromatic rings. The second-order valence-corrected chi connectivity index (χ2v) is 5.12. The van der Waals surface area contributed by atoms with Gasteiger partial charge in [0.2, 0.25) is 0 Å². The van der Waals surface area contributed by atoms with Gasteiger partial charge in [-0.05, 0) is 6.42 Å². The van der Waals surface area contributed by atoms with Crippen molar-refractivity contribution in [3.63, 3.8) is 0 Å². The lowest BCUT2D eigenvalue weighted by Crippen LogP contribution is -2.05. The van der Waals surface area contributed by atoms with Crippen LogP contribution in [0.2, 0.25) is 0 Å². The van der Waals surface area contributed by atoms with Crippen LogP contribution in [-0.4, -0.2) is 21.8 Å². The van der Waals surface area contributed by atoms with Crippen molar-refractivity contribution in [2.24, 2.45) is 4.99 Å². The molecule has 1 heterocycles. The predicted octanol–water partition coefficient (Wildman–Crippen LogP) is 3.81. The molecule has 3 heteroatoms. The summed E-state index contributed by atoms with van der Waals surface area (Å²) in [6, 6.07) is 20.7. The van der Waals surface area contributed by atoms with Crippen molar-refractivity contribution in [1.82, 2.24) is 9.55 Å². The minimum atomic E-state index is 0.803. The molecule has 22 heavy (non-hydrogen) atoms. The highest BCUT2D eigenvalue weighted by atomic mass is 15.0. The molecule has 0 amide bonds. The molecule has 3 nitrogen and oxygen atoms in total. The van der Waals surface area contributed by atoms with Crippen molar-refractivity contribution in [3.05, 3.63) is 90.5 Å². The van der Waals surface area contributed by atoms with Gasteiger partial charge >= 0.3 is 0 Å². The molecule has 0 atom stereocenters. The van der Waals surface area contributed by atoms with Crippen LogP contribution in [-0.2, 0) is 6.54 Å². The van der Waals surface area contributed by atoms with E-state index in [9.17, 15) is 0 Å². The molecule has 0 aliphatic carbocycles. The fraction of sp³-hybridized carbons (Fsp3) is 0.158. The Hall–Kier alpha value is -2.68. The summed E-state index contributed by atoms with van der Waals surface area (Å²) in [5, 5.41) is 0. The summed E-state index contributed by atoms with van der Waals surface area (Å²) in [5.41, 5.74) is 3.39. The minimum Gasteiger partial charge on any atom is -0.337 e. The highest BCUT2D eigenvalue weighted by Gasteiger charge is 2.05. The third kappa shape index (κ3) is 3.70. The fourth-order valence-electron chi connectivity index (χ4n) is 2.40. The lowest BCUT2D eigenvalue weighted by molar-refractivity contribution is 0.651. The molecule has 0 radical (unpaired) electrons. The summed E-state index contributed by atoms with van der Waals surface area (Å²) in [6.07, 6.45) is 6.64. The first-order valence-corrected chi connectivity index (χ1v) is 7.54. The van der Waals surface area contributed by atoms with Gasteiger partial charge in [-0.1, -0.05) is 60.7 Å². The third-order valence-electron chi connectivity index (χ3n) is 3.50. The highest BCUT2D eigenvalue weighted by Crippen LogP contribution is 2.11. The number of aromatic nitrogens is 2. The minimum absolute atomic E-state index is 0.803. The van der Waals surface area contributed by atoms with Gasteiger partial charge in [-0.3, -0.25) is 4.99 Å². The number of benzene rings is 2. The van der Waals surface area contributed by atoms with Crippen molar-refractivity contribution in [3.8, 4) is 0 Å². The first kappa shape index (κ1) is 14.3. The van der Waals surface area contributed by atoms with Gasteiger partial charge in [-0.2, -0.15) is 0 Å². The second kappa shape index (κ2) is 7.36. The molecule has 0 spiro atoms. The zero-order valence-electron chi connectivity index (χ0n) is 12.5. The molecule has 0 aliphatic heterocycles. The maximum atomic E-state index is 4.85. The molecular formula is C19H19N3. The smallest absolute Gasteiger partial charge is 0.0945 e. The molecule has 2 aromatic carbocycles. The van der Waals surface area contributed by atoms with Crippen LogP contribution in [0.15, 0.2) is 84.4 Å². The van der Waals surface area contributed by atoms with Gasteiger partial charge in [0.1, 0.15) is 0 Å². The first-order valence-electron chi connectivity index (χ1n) is 7.54. The van der Waals surface area contributed by atoms with Crippen molar-refractivity contribution in [1.29, 1.82) is 0 Å². The van der Waals surface area contributed by atoms with E-state index in [-0.39, 0.29) is 0 Å². The van der Waals surface area contributed by atoms with Crippen LogP contribution in [0, 0.1) is 0 Å². The van der Waals surface area contributed by atoms with E-state index in [1.807, 2.05) is 30.9 Å². The van der Waals surface area contributed by atoms with Crippen LogP contribution < -0.4 is 0 Å². The third-order valence-corrected chi connectivity index (χ3v) is 3.50. The Kier molecular flexibility index (Phi) is 4.77. The average Bonchev–Trinajstić information content (AvgIpc) is 3.10. The van der Waals surface area contributed by atoms with Crippen molar-refractivity contribution in [2.45, 2.75) is 13.0 Å². The Labute approximate surface area is 131 Å². The van der Waals surface area contributed by atoms with Gasteiger partial charge < -0.3 is 4.57 Å². The Bertz CT molecular complexity index is 659. The number of nitrogens with zero attached hydrogens (tertiary/aromatic N) is 3. The number of hydrogen-bond acceptors (Lipinski definition) is 2. The molecule has 0 saturated carbocycles. The van der Waals surface area contributed by atoms with Gasteiger partial charge in [-0.25, -0.2) is 4.98 Å². The molecule has 3 rings (SSSR count). The van der Waals surface area contributed by atoms with Gasteiger partial charge in [0, 0.05) is 36.6 Å². The summed E-state index contributed by atoms with van der Waals surface area (Å²) in [6.45, 7) is 1.75. The van der Waals surface area contributed by atoms with Crippen molar-refractivity contribution < 1.29 is 0 Å². The lowest BCUT2D eigenvalue weighted by atomic mass is 10.0. The van der Waals surface area contributed by atoms with Crippen LogP contribution in [0.1, 0.15) is 17.5 Å². The van der Waals surface area contributed by atoms with E-state index in [2.05, 4.69) is 58.1 Å². The normalized spacial score (nSPS) is 10.4. The highest BCUT2D eigenvalue weighted by molar-refractivity contribution is 6.12. The van der Waals surface area contributed by atoms with Gasteiger partial charge in [0.15, 0.2) is 0 Å². The Balaban J connectivity index is 1.75. The van der Waals surface area contributed by atoms with E-state index >= 15 is 0 Å². The van der Waals surface area contributed by atoms with E-state index in [0.29, 0.717) is 0 Å². The van der Waals surface area contributed by atoms with Crippen molar-refractivity contribution >= 4 is 5.71 Å². The van der Waals surface area contributed by atoms with Crippen LogP contribution in [0.25, 0.3) is 0 Å². The molecule has 0 saturated heterocycles. The number of imidazole rings is 1. The van der Waals surface area contributed by atoms with E-state index < -0.39 is 0 Å². The zero-order valence-corrected chi connectivity index (χ0v) is 12.5. The largest absolute Gasteiger partial charge is 0.337 e. The second-order valence-electron chi connectivity index (χ2n) is 5.12. The maximum Gasteiger partial charge on any atom is 0.0945 e. The van der Waals surface area contributed by atoms with Gasteiger partial charge in [0.05, 0.1) is 12.0 Å². The monoisotopic (exact) mass is 289 g/mol. The van der Waals surface area contributed by atoms with E-state index in [1.54, 1.807) is 0 Å². The summed E-state index contributed by atoms with van der Waals surface area (Å²) in [7, 11) is 0. The fourth-order valence-corrected chi connectivity index (χ4v) is 2.40.